The molecule has 1 unspecified atom stereocenters. The second-order valence-corrected chi connectivity index (χ2v) is 6.37. The van der Waals surface area contributed by atoms with E-state index in [0.717, 1.165) is 16.7 Å². The number of amides is 2. The van der Waals surface area contributed by atoms with Crippen LogP contribution in [0.25, 0.3) is 6.08 Å². The summed E-state index contributed by atoms with van der Waals surface area (Å²) in [4.78, 5) is 35.8. The fourth-order valence-corrected chi connectivity index (χ4v) is 2.69. The molecule has 2 rings (SSSR count). The van der Waals surface area contributed by atoms with E-state index in [-0.39, 0.29) is 11.7 Å². The summed E-state index contributed by atoms with van der Waals surface area (Å²) in [6.45, 7) is 4.68. The molecule has 0 aliphatic heterocycles. The third kappa shape index (κ3) is 6.39. The molecule has 0 aliphatic carbocycles. The topological polar surface area (TPSA) is 84.5 Å². The first kappa shape index (κ1) is 20.9. The van der Waals surface area contributed by atoms with Crippen molar-refractivity contribution in [2.75, 3.05) is 6.61 Å². The Bertz CT molecular complexity index is 875. The molecule has 2 aromatic carbocycles. The Hall–Kier alpha value is -3.41. The average Bonchev–Trinajstić information content (AvgIpc) is 2.66. The van der Waals surface area contributed by atoms with Crippen LogP contribution < -0.4 is 10.6 Å². The number of nitrogens with one attached hydrogen (secondary N) is 2. The minimum absolute atomic E-state index is 0.0292. The monoisotopic (exact) mass is 380 g/mol. The van der Waals surface area contributed by atoms with Crippen LogP contribution in [0.1, 0.15) is 36.6 Å². The van der Waals surface area contributed by atoms with E-state index in [1.807, 2.05) is 56.3 Å². The lowest BCUT2D eigenvalue weighted by molar-refractivity contribution is -0.145. The van der Waals surface area contributed by atoms with Gasteiger partial charge in [-0.15, -0.1) is 0 Å². The van der Waals surface area contributed by atoms with Crippen molar-refractivity contribution in [3.05, 3.63) is 77.0 Å². The summed E-state index contributed by atoms with van der Waals surface area (Å²) in [6, 6.07) is 16.5. The third-order valence-electron chi connectivity index (χ3n) is 4.01. The van der Waals surface area contributed by atoms with Crippen LogP contribution >= 0.6 is 0 Å². The van der Waals surface area contributed by atoms with Crippen molar-refractivity contribution in [2.24, 2.45) is 0 Å². The fourth-order valence-electron chi connectivity index (χ4n) is 2.69. The number of benzene rings is 2. The summed E-state index contributed by atoms with van der Waals surface area (Å²) in [5.74, 6) is -1.61. The Balaban J connectivity index is 1.98. The maximum Gasteiger partial charge on any atom is 0.355 e. The maximum absolute atomic E-state index is 12.3. The summed E-state index contributed by atoms with van der Waals surface area (Å²) < 4.78 is 5.07. The average molecular weight is 380 g/mol. The highest BCUT2D eigenvalue weighted by molar-refractivity contribution is 5.98. The van der Waals surface area contributed by atoms with E-state index < -0.39 is 24.4 Å². The minimum atomic E-state index is -0.780. The Kier molecular flexibility index (Phi) is 7.51. The lowest BCUT2D eigenvalue weighted by Gasteiger charge is -2.16. The van der Waals surface area contributed by atoms with E-state index in [1.165, 1.54) is 13.0 Å². The van der Waals surface area contributed by atoms with Crippen molar-refractivity contribution in [2.45, 2.75) is 26.8 Å². The number of carbonyl (C=O) groups excluding carboxylic acids is 3. The van der Waals surface area contributed by atoms with Crippen LogP contribution in [0.3, 0.4) is 0 Å². The van der Waals surface area contributed by atoms with Gasteiger partial charge in [0.25, 0.3) is 5.91 Å². The number of aryl methyl sites for hydroxylation is 1. The van der Waals surface area contributed by atoms with Crippen LogP contribution in [0.5, 0.6) is 0 Å². The van der Waals surface area contributed by atoms with Crippen LogP contribution in [-0.4, -0.2) is 24.4 Å². The molecule has 1 atom stereocenters. The molecule has 6 heteroatoms. The first-order valence-electron chi connectivity index (χ1n) is 8.93. The first-order valence-corrected chi connectivity index (χ1v) is 8.93. The van der Waals surface area contributed by atoms with Gasteiger partial charge in [-0.2, -0.15) is 0 Å². The summed E-state index contributed by atoms with van der Waals surface area (Å²) in [5.41, 5.74) is 2.75. The summed E-state index contributed by atoms with van der Waals surface area (Å²) >= 11 is 0. The molecule has 0 saturated heterocycles. The smallest absolute Gasteiger partial charge is 0.355 e. The molecule has 0 saturated carbocycles. The van der Waals surface area contributed by atoms with Gasteiger partial charge in [0.05, 0.1) is 6.04 Å². The van der Waals surface area contributed by atoms with E-state index >= 15 is 0 Å². The maximum atomic E-state index is 12.3. The molecule has 0 aromatic heterocycles. The molecule has 2 aromatic rings. The van der Waals surface area contributed by atoms with Gasteiger partial charge in [-0.1, -0.05) is 54.6 Å². The Morgan fingerprint density at radius 2 is 1.68 bits per heavy atom. The molecule has 0 spiro atoms. The highest BCUT2D eigenvalue weighted by atomic mass is 16.5. The van der Waals surface area contributed by atoms with Crippen LogP contribution in [0.2, 0.25) is 0 Å². The van der Waals surface area contributed by atoms with Crippen molar-refractivity contribution < 1.29 is 19.1 Å². The van der Waals surface area contributed by atoms with Crippen molar-refractivity contribution in [3.63, 3.8) is 0 Å². The van der Waals surface area contributed by atoms with E-state index in [4.69, 9.17) is 4.74 Å². The molecule has 0 aliphatic rings. The zero-order valence-corrected chi connectivity index (χ0v) is 16.2. The first-order chi connectivity index (χ1) is 13.4. The molecule has 0 radical (unpaired) electrons. The number of rotatable bonds is 7. The molecule has 146 valence electrons. The van der Waals surface area contributed by atoms with E-state index in [9.17, 15) is 14.4 Å². The lowest BCUT2D eigenvalue weighted by atomic mass is 10.0. The zero-order chi connectivity index (χ0) is 20.5. The van der Waals surface area contributed by atoms with Crippen molar-refractivity contribution in [1.82, 2.24) is 10.6 Å². The molecule has 0 heterocycles. The van der Waals surface area contributed by atoms with Gasteiger partial charge in [-0.3, -0.25) is 9.59 Å². The van der Waals surface area contributed by atoms with E-state index in [2.05, 4.69) is 10.6 Å². The standard InChI is InChI=1S/C22H24N2O4/c1-15-9-7-8-12-19(15)16(2)23-21(26)14-28-22(27)20(24-17(3)25)13-18-10-5-4-6-11-18/h4-13,16H,14H2,1-3H3,(H,23,26)(H,24,25)/b20-13-. The molecule has 6 nitrogen and oxygen atoms in total. The Labute approximate surface area is 164 Å². The van der Waals surface area contributed by atoms with Gasteiger partial charge in [0.15, 0.2) is 6.61 Å². The molecule has 0 bridgehead atoms. The highest BCUT2D eigenvalue weighted by Crippen LogP contribution is 2.16. The number of hydrogen-bond acceptors (Lipinski definition) is 4. The molecule has 0 fully saturated rings. The van der Waals surface area contributed by atoms with Gasteiger partial charge < -0.3 is 15.4 Å². The molecule has 28 heavy (non-hydrogen) atoms. The highest BCUT2D eigenvalue weighted by Gasteiger charge is 2.16. The molecule has 2 amide bonds. The van der Waals surface area contributed by atoms with Gasteiger partial charge in [-0.25, -0.2) is 4.79 Å². The molecular formula is C22H24N2O4. The van der Waals surface area contributed by atoms with Crippen LogP contribution in [0.15, 0.2) is 60.3 Å². The summed E-state index contributed by atoms with van der Waals surface area (Å²) in [5, 5.41) is 5.24. The normalized spacial score (nSPS) is 12.0. The summed E-state index contributed by atoms with van der Waals surface area (Å²) in [7, 11) is 0. The largest absolute Gasteiger partial charge is 0.451 e. The number of esters is 1. The second-order valence-electron chi connectivity index (χ2n) is 6.37. The third-order valence-corrected chi connectivity index (χ3v) is 4.01. The van der Waals surface area contributed by atoms with Crippen LogP contribution in [0, 0.1) is 6.92 Å². The Morgan fingerprint density at radius 1 is 1.04 bits per heavy atom. The molecule has 2 N–H and O–H groups in total. The lowest BCUT2D eigenvalue weighted by Crippen LogP contribution is -2.33. The summed E-state index contributed by atoms with van der Waals surface area (Å²) in [6.07, 6.45) is 1.50. The predicted octanol–water partition coefficient (Wildman–Crippen LogP) is 2.89. The van der Waals surface area contributed by atoms with Gasteiger partial charge in [0.1, 0.15) is 5.70 Å². The van der Waals surface area contributed by atoms with Gasteiger partial charge >= 0.3 is 5.97 Å². The van der Waals surface area contributed by atoms with Gasteiger partial charge in [0.2, 0.25) is 5.91 Å². The number of hydrogen-bond donors (Lipinski definition) is 2. The van der Waals surface area contributed by atoms with Gasteiger partial charge in [0, 0.05) is 6.92 Å². The number of ether oxygens (including phenoxy) is 1. The van der Waals surface area contributed by atoms with Gasteiger partial charge in [-0.05, 0) is 36.6 Å². The van der Waals surface area contributed by atoms with E-state index in [1.54, 1.807) is 12.1 Å². The minimum Gasteiger partial charge on any atom is -0.451 e. The second kappa shape index (κ2) is 10.1. The Morgan fingerprint density at radius 3 is 2.32 bits per heavy atom. The fraction of sp³-hybridized carbons (Fsp3) is 0.227. The SMILES string of the molecule is CC(=O)N/C(=C\c1ccccc1)C(=O)OCC(=O)NC(C)c1ccccc1C. The van der Waals surface area contributed by atoms with Crippen molar-refractivity contribution >= 4 is 23.9 Å². The molecular weight excluding hydrogens is 356 g/mol. The van der Waals surface area contributed by atoms with Crippen molar-refractivity contribution in [3.8, 4) is 0 Å². The zero-order valence-electron chi connectivity index (χ0n) is 16.2. The van der Waals surface area contributed by atoms with Crippen LogP contribution in [-0.2, 0) is 19.1 Å². The van der Waals surface area contributed by atoms with E-state index in [0.29, 0.717) is 0 Å². The predicted molar refractivity (Wildman–Crippen MR) is 107 cm³/mol. The van der Waals surface area contributed by atoms with Crippen molar-refractivity contribution in [1.29, 1.82) is 0 Å². The number of carbonyl (C=O) groups is 3. The van der Waals surface area contributed by atoms with Crippen LogP contribution in [0.4, 0.5) is 0 Å². The quantitative estimate of drug-likeness (QED) is 0.571.